The Balaban J connectivity index is 1.47. The van der Waals surface area contributed by atoms with Gasteiger partial charge in [-0.25, -0.2) is 9.97 Å². The van der Waals surface area contributed by atoms with Crippen molar-refractivity contribution in [3.8, 4) is 17.2 Å². The lowest BCUT2D eigenvalue weighted by atomic mass is 9.69. The first-order valence-corrected chi connectivity index (χ1v) is 13.0. The van der Waals surface area contributed by atoms with Crippen molar-refractivity contribution in [2.24, 2.45) is 5.41 Å². The molecule has 3 heteroatoms. The zero-order valence-corrected chi connectivity index (χ0v) is 20.3. The SMILES string of the molecule is CCCCCCCCCc1ccc(-c2cnc([C@H]3CC[C@@](C#N)(CCC)CC3)nc2)cc1. The predicted octanol–water partition coefficient (Wildman–Crippen LogP) is 8.40. The van der Waals surface area contributed by atoms with Crippen LogP contribution in [0.3, 0.4) is 0 Å². The van der Waals surface area contributed by atoms with Crippen molar-refractivity contribution in [2.75, 3.05) is 0 Å². The minimum absolute atomic E-state index is 0.109. The summed E-state index contributed by atoms with van der Waals surface area (Å²) in [7, 11) is 0. The van der Waals surface area contributed by atoms with Crippen LogP contribution in [0.15, 0.2) is 36.7 Å². The second-order valence-corrected chi connectivity index (χ2v) is 9.81. The van der Waals surface area contributed by atoms with Gasteiger partial charge < -0.3 is 0 Å². The van der Waals surface area contributed by atoms with E-state index in [1.54, 1.807) is 0 Å². The molecule has 0 atom stereocenters. The molecule has 0 bridgehead atoms. The van der Waals surface area contributed by atoms with E-state index in [1.807, 2.05) is 12.4 Å². The molecule has 2 aromatic rings. The highest BCUT2D eigenvalue weighted by Crippen LogP contribution is 2.44. The van der Waals surface area contributed by atoms with Crippen LogP contribution < -0.4 is 0 Å². The van der Waals surface area contributed by atoms with E-state index < -0.39 is 0 Å². The van der Waals surface area contributed by atoms with E-state index in [-0.39, 0.29) is 5.41 Å². The average molecular weight is 432 g/mol. The van der Waals surface area contributed by atoms with Gasteiger partial charge >= 0.3 is 0 Å². The van der Waals surface area contributed by atoms with Crippen molar-refractivity contribution in [1.82, 2.24) is 9.97 Å². The number of benzene rings is 1. The van der Waals surface area contributed by atoms with Gasteiger partial charge in [-0.3, -0.25) is 0 Å². The molecule has 0 aliphatic heterocycles. The lowest BCUT2D eigenvalue weighted by Gasteiger charge is -2.34. The summed E-state index contributed by atoms with van der Waals surface area (Å²) in [4.78, 5) is 9.44. The maximum Gasteiger partial charge on any atom is 0.131 e. The highest BCUT2D eigenvalue weighted by atomic mass is 14.9. The highest BCUT2D eigenvalue weighted by molar-refractivity contribution is 5.61. The first-order valence-electron chi connectivity index (χ1n) is 13.0. The van der Waals surface area contributed by atoms with Crippen molar-refractivity contribution in [3.63, 3.8) is 0 Å². The van der Waals surface area contributed by atoms with Crippen LogP contribution in [-0.4, -0.2) is 9.97 Å². The Morgan fingerprint density at radius 3 is 2.06 bits per heavy atom. The average Bonchev–Trinajstić information content (AvgIpc) is 2.85. The van der Waals surface area contributed by atoms with Gasteiger partial charge in [-0.1, -0.05) is 83.1 Å². The summed E-state index contributed by atoms with van der Waals surface area (Å²) in [5.41, 5.74) is 3.59. The van der Waals surface area contributed by atoms with Crippen molar-refractivity contribution < 1.29 is 0 Å². The fourth-order valence-electron chi connectivity index (χ4n) is 5.17. The second kappa shape index (κ2) is 12.7. The molecule has 1 saturated carbocycles. The van der Waals surface area contributed by atoms with Crippen molar-refractivity contribution in [3.05, 3.63) is 48.0 Å². The number of nitriles is 1. The molecule has 0 spiro atoms. The molecule has 0 saturated heterocycles. The molecule has 1 aromatic carbocycles. The molecule has 1 heterocycles. The molecule has 0 amide bonds. The second-order valence-electron chi connectivity index (χ2n) is 9.81. The monoisotopic (exact) mass is 431 g/mol. The van der Waals surface area contributed by atoms with Crippen molar-refractivity contribution >= 4 is 0 Å². The molecule has 0 radical (unpaired) electrons. The van der Waals surface area contributed by atoms with E-state index >= 15 is 0 Å². The Bertz CT molecular complexity index is 824. The molecule has 3 rings (SSSR count). The Morgan fingerprint density at radius 2 is 1.47 bits per heavy atom. The van der Waals surface area contributed by atoms with E-state index in [9.17, 15) is 5.26 Å². The van der Waals surface area contributed by atoms with Gasteiger partial charge in [0.15, 0.2) is 0 Å². The third-order valence-corrected chi connectivity index (χ3v) is 7.30. The summed E-state index contributed by atoms with van der Waals surface area (Å²) in [6.07, 6.45) is 20.7. The van der Waals surface area contributed by atoms with Crippen LogP contribution in [0.1, 0.15) is 115 Å². The summed E-state index contributed by atoms with van der Waals surface area (Å²) in [5.74, 6) is 1.35. The van der Waals surface area contributed by atoms with E-state index in [0.717, 1.165) is 49.9 Å². The van der Waals surface area contributed by atoms with Crippen LogP contribution in [0, 0.1) is 16.7 Å². The van der Waals surface area contributed by atoms with Crippen LogP contribution >= 0.6 is 0 Å². The summed E-state index contributed by atoms with van der Waals surface area (Å²) < 4.78 is 0. The molecule has 3 nitrogen and oxygen atoms in total. The zero-order chi connectivity index (χ0) is 22.7. The van der Waals surface area contributed by atoms with Gasteiger partial charge in [0.1, 0.15) is 5.82 Å². The quantitative estimate of drug-likeness (QED) is 0.317. The number of nitrogens with zero attached hydrogens (tertiary/aromatic N) is 3. The lowest BCUT2D eigenvalue weighted by Crippen LogP contribution is -2.25. The number of aromatic nitrogens is 2. The van der Waals surface area contributed by atoms with Gasteiger partial charge in [0, 0.05) is 23.9 Å². The third-order valence-electron chi connectivity index (χ3n) is 7.30. The van der Waals surface area contributed by atoms with Crippen LogP contribution in [0.2, 0.25) is 0 Å². The van der Waals surface area contributed by atoms with E-state index in [1.165, 1.54) is 62.5 Å². The maximum absolute atomic E-state index is 9.63. The van der Waals surface area contributed by atoms with Gasteiger partial charge in [-0.15, -0.1) is 0 Å². The number of hydrogen-bond acceptors (Lipinski definition) is 3. The minimum atomic E-state index is -0.109. The fraction of sp³-hybridized carbons (Fsp3) is 0.621. The largest absolute Gasteiger partial charge is 0.240 e. The van der Waals surface area contributed by atoms with Gasteiger partial charge in [0.25, 0.3) is 0 Å². The molecular weight excluding hydrogens is 390 g/mol. The summed E-state index contributed by atoms with van der Waals surface area (Å²) in [5, 5.41) is 9.63. The Kier molecular flexibility index (Phi) is 9.72. The standard InChI is InChI=1S/C29H41N3/c1-3-5-6-7-8-9-10-11-24-12-14-25(15-13-24)27-21-31-28(32-22-27)26-16-19-29(23-30,18-4-2)20-17-26/h12-15,21-22,26H,3-11,16-20H2,1-2H3/t26-,29-. The normalized spacial score (nSPS) is 20.7. The Hall–Kier alpha value is -2.21. The van der Waals surface area contributed by atoms with Crippen molar-refractivity contribution in [1.29, 1.82) is 5.26 Å². The third kappa shape index (κ3) is 6.89. The van der Waals surface area contributed by atoms with Crippen LogP contribution in [-0.2, 0) is 6.42 Å². The topological polar surface area (TPSA) is 49.6 Å². The van der Waals surface area contributed by atoms with Gasteiger partial charge in [0.05, 0.1) is 11.5 Å². The number of aryl methyl sites for hydroxylation is 1. The molecule has 172 valence electrons. The fourth-order valence-corrected chi connectivity index (χ4v) is 5.17. The zero-order valence-electron chi connectivity index (χ0n) is 20.3. The molecule has 1 fully saturated rings. The predicted molar refractivity (Wildman–Crippen MR) is 133 cm³/mol. The molecule has 32 heavy (non-hydrogen) atoms. The van der Waals surface area contributed by atoms with Gasteiger partial charge in [-0.2, -0.15) is 5.26 Å². The van der Waals surface area contributed by atoms with E-state index in [0.29, 0.717) is 5.92 Å². The van der Waals surface area contributed by atoms with Crippen molar-refractivity contribution in [2.45, 2.75) is 110 Å². The molecule has 1 aliphatic rings. The number of rotatable bonds is 12. The van der Waals surface area contributed by atoms with Crippen LogP contribution in [0.4, 0.5) is 0 Å². The Morgan fingerprint density at radius 1 is 0.844 bits per heavy atom. The maximum atomic E-state index is 9.63. The minimum Gasteiger partial charge on any atom is -0.240 e. The molecule has 1 aromatic heterocycles. The summed E-state index contributed by atoms with van der Waals surface area (Å²) in [6, 6.07) is 11.6. The van der Waals surface area contributed by atoms with E-state index in [4.69, 9.17) is 9.97 Å². The van der Waals surface area contributed by atoms with Gasteiger partial charge in [-0.05, 0) is 56.1 Å². The molecular formula is C29H41N3. The van der Waals surface area contributed by atoms with E-state index in [2.05, 4.69) is 44.2 Å². The first kappa shape index (κ1) is 24.4. The summed E-state index contributed by atoms with van der Waals surface area (Å²) >= 11 is 0. The van der Waals surface area contributed by atoms with Gasteiger partial charge in [0.2, 0.25) is 0 Å². The molecule has 1 aliphatic carbocycles. The van der Waals surface area contributed by atoms with Crippen LogP contribution in [0.5, 0.6) is 0 Å². The first-order chi connectivity index (χ1) is 15.7. The summed E-state index contributed by atoms with van der Waals surface area (Å²) in [6.45, 7) is 4.45. The molecule has 0 unspecified atom stereocenters. The van der Waals surface area contributed by atoms with Crippen LogP contribution in [0.25, 0.3) is 11.1 Å². The lowest BCUT2D eigenvalue weighted by molar-refractivity contribution is 0.224. The number of hydrogen-bond donors (Lipinski definition) is 0. The Labute approximate surface area is 195 Å². The number of unbranched alkanes of at least 4 members (excludes halogenated alkanes) is 6. The molecule has 0 N–H and O–H groups in total. The highest BCUT2D eigenvalue weighted by Gasteiger charge is 2.35. The smallest absolute Gasteiger partial charge is 0.131 e.